The van der Waals surface area contributed by atoms with E-state index in [1.807, 2.05) is 48.3 Å². The summed E-state index contributed by atoms with van der Waals surface area (Å²) in [5.41, 5.74) is 4.52. The van der Waals surface area contributed by atoms with Gasteiger partial charge in [0, 0.05) is 37.0 Å². The Hall–Kier alpha value is -3.12. The summed E-state index contributed by atoms with van der Waals surface area (Å²) in [6.07, 6.45) is 3.83. The minimum absolute atomic E-state index is 0.00844. The number of rotatable bonds is 6. The second kappa shape index (κ2) is 9.13. The maximum Gasteiger partial charge on any atom is 0.234 e. The standard InChI is InChI=1S/C24H28N4O2/c1-18-8-9-23-22(10-18)16-27(13-19(2)30-23)17-24(29)25-11-21-12-26-28(15-21)14-20-6-4-3-5-7-20/h3-10,12,15,19H,11,13-14,16-17H2,1-2H3,(H,25,29). The molecule has 0 saturated carbocycles. The van der Waals surface area contributed by atoms with Gasteiger partial charge in [-0.15, -0.1) is 0 Å². The molecule has 0 bridgehead atoms. The van der Waals surface area contributed by atoms with E-state index in [-0.39, 0.29) is 12.0 Å². The molecule has 2 heterocycles. The van der Waals surface area contributed by atoms with Gasteiger partial charge in [-0.3, -0.25) is 14.4 Å². The first-order chi connectivity index (χ1) is 14.5. The molecule has 1 unspecified atom stereocenters. The summed E-state index contributed by atoms with van der Waals surface area (Å²) in [5.74, 6) is 0.927. The number of benzene rings is 2. The third-order valence-corrected chi connectivity index (χ3v) is 5.18. The molecule has 6 nitrogen and oxygen atoms in total. The van der Waals surface area contributed by atoms with E-state index >= 15 is 0 Å². The number of carbonyl (C=O) groups excluding carboxylic acids is 1. The van der Waals surface area contributed by atoms with Gasteiger partial charge in [-0.05, 0) is 25.5 Å². The van der Waals surface area contributed by atoms with Gasteiger partial charge in [0.2, 0.25) is 5.91 Å². The summed E-state index contributed by atoms with van der Waals surface area (Å²) in [6.45, 7) is 7.09. The fourth-order valence-corrected chi connectivity index (χ4v) is 3.80. The van der Waals surface area contributed by atoms with E-state index in [0.29, 0.717) is 19.6 Å². The SMILES string of the molecule is Cc1ccc2c(c1)CN(CC(=O)NCc1cnn(Cc3ccccc3)c1)CC(C)O2. The molecule has 2 aromatic carbocycles. The van der Waals surface area contributed by atoms with Crippen LogP contribution in [0, 0.1) is 6.92 Å². The smallest absolute Gasteiger partial charge is 0.234 e. The number of fused-ring (bicyclic) bond motifs is 1. The molecule has 4 rings (SSSR count). The molecular formula is C24H28N4O2. The molecule has 30 heavy (non-hydrogen) atoms. The maximum atomic E-state index is 12.6. The van der Waals surface area contributed by atoms with Crippen molar-refractivity contribution in [3.8, 4) is 5.75 Å². The highest BCUT2D eigenvalue weighted by atomic mass is 16.5. The van der Waals surface area contributed by atoms with Crippen molar-refractivity contribution in [2.45, 2.75) is 39.6 Å². The first-order valence-electron chi connectivity index (χ1n) is 10.4. The summed E-state index contributed by atoms with van der Waals surface area (Å²) in [4.78, 5) is 14.7. The van der Waals surface area contributed by atoms with Gasteiger partial charge in [0.15, 0.2) is 0 Å². The fourth-order valence-electron chi connectivity index (χ4n) is 3.80. The lowest BCUT2D eigenvalue weighted by atomic mass is 10.1. The number of nitrogens with one attached hydrogen (secondary N) is 1. The van der Waals surface area contributed by atoms with Gasteiger partial charge in [-0.25, -0.2) is 0 Å². The fraction of sp³-hybridized carbons (Fsp3) is 0.333. The van der Waals surface area contributed by atoms with Crippen LogP contribution in [-0.4, -0.2) is 39.8 Å². The van der Waals surface area contributed by atoms with Gasteiger partial charge in [0.1, 0.15) is 11.9 Å². The average molecular weight is 405 g/mol. The van der Waals surface area contributed by atoms with Crippen molar-refractivity contribution in [3.63, 3.8) is 0 Å². The summed E-state index contributed by atoms with van der Waals surface area (Å²) >= 11 is 0. The molecule has 1 amide bonds. The Bertz CT molecular complexity index is 999. The molecule has 0 fully saturated rings. The number of aromatic nitrogens is 2. The number of ether oxygens (including phenoxy) is 1. The topological polar surface area (TPSA) is 59.4 Å². The van der Waals surface area contributed by atoms with Crippen molar-refractivity contribution in [1.29, 1.82) is 0 Å². The Labute approximate surface area is 177 Å². The van der Waals surface area contributed by atoms with E-state index in [0.717, 1.165) is 30.0 Å². The zero-order valence-corrected chi connectivity index (χ0v) is 17.5. The maximum absolute atomic E-state index is 12.6. The minimum atomic E-state index is 0.00844. The zero-order valence-electron chi connectivity index (χ0n) is 17.5. The molecular weight excluding hydrogens is 376 g/mol. The summed E-state index contributed by atoms with van der Waals surface area (Å²) < 4.78 is 7.91. The van der Waals surface area contributed by atoms with Crippen molar-refractivity contribution >= 4 is 5.91 Å². The average Bonchev–Trinajstić information content (AvgIpc) is 3.10. The van der Waals surface area contributed by atoms with Crippen LogP contribution in [-0.2, 0) is 24.4 Å². The third kappa shape index (κ3) is 5.27. The van der Waals surface area contributed by atoms with E-state index in [1.165, 1.54) is 11.1 Å². The van der Waals surface area contributed by atoms with Crippen LogP contribution < -0.4 is 10.1 Å². The monoisotopic (exact) mass is 404 g/mol. The summed E-state index contributed by atoms with van der Waals surface area (Å²) in [5, 5.41) is 7.42. The van der Waals surface area contributed by atoms with Gasteiger partial charge in [-0.2, -0.15) is 5.10 Å². The molecule has 0 radical (unpaired) electrons. The number of hydrogen-bond donors (Lipinski definition) is 1. The van der Waals surface area contributed by atoms with Crippen LogP contribution in [0.3, 0.4) is 0 Å². The van der Waals surface area contributed by atoms with Crippen molar-refractivity contribution < 1.29 is 9.53 Å². The van der Waals surface area contributed by atoms with Crippen LogP contribution in [0.25, 0.3) is 0 Å². The molecule has 1 aliphatic heterocycles. The molecule has 6 heteroatoms. The van der Waals surface area contributed by atoms with Gasteiger partial charge in [0.05, 0.1) is 19.3 Å². The third-order valence-electron chi connectivity index (χ3n) is 5.18. The second-order valence-electron chi connectivity index (χ2n) is 8.02. The minimum Gasteiger partial charge on any atom is -0.489 e. The van der Waals surface area contributed by atoms with Crippen LogP contribution in [0.2, 0.25) is 0 Å². The highest BCUT2D eigenvalue weighted by molar-refractivity contribution is 5.78. The number of hydrogen-bond acceptors (Lipinski definition) is 4. The van der Waals surface area contributed by atoms with E-state index in [4.69, 9.17) is 4.74 Å². The predicted octanol–water partition coefficient (Wildman–Crippen LogP) is 3.14. The van der Waals surface area contributed by atoms with Crippen LogP contribution in [0.1, 0.15) is 29.2 Å². The van der Waals surface area contributed by atoms with Crippen LogP contribution >= 0.6 is 0 Å². The van der Waals surface area contributed by atoms with Gasteiger partial charge in [0.25, 0.3) is 0 Å². The Morgan fingerprint density at radius 2 is 2.03 bits per heavy atom. The van der Waals surface area contributed by atoms with Crippen LogP contribution in [0.15, 0.2) is 60.9 Å². The molecule has 156 valence electrons. The van der Waals surface area contributed by atoms with Crippen molar-refractivity contribution in [1.82, 2.24) is 20.0 Å². The van der Waals surface area contributed by atoms with Gasteiger partial charge in [-0.1, -0.05) is 48.0 Å². The summed E-state index contributed by atoms with van der Waals surface area (Å²) in [7, 11) is 0. The van der Waals surface area contributed by atoms with Crippen LogP contribution in [0.4, 0.5) is 0 Å². The van der Waals surface area contributed by atoms with Crippen molar-refractivity contribution in [3.05, 3.63) is 83.2 Å². The van der Waals surface area contributed by atoms with Gasteiger partial charge < -0.3 is 10.1 Å². The molecule has 1 atom stereocenters. The Morgan fingerprint density at radius 3 is 2.87 bits per heavy atom. The molecule has 1 aromatic heterocycles. The zero-order chi connectivity index (χ0) is 20.9. The molecule has 0 aliphatic carbocycles. The number of nitrogens with zero attached hydrogens (tertiary/aromatic N) is 3. The Balaban J connectivity index is 1.30. The molecule has 0 spiro atoms. The lowest BCUT2D eigenvalue weighted by Crippen LogP contribution is -2.39. The Kier molecular flexibility index (Phi) is 6.14. The predicted molar refractivity (Wildman–Crippen MR) is 116 cm³/mol. The van der Waals surface area contributed by atoms with Crippen molar-refractivity contribution in [2.24, 2.45) is 0 Å². The van der Waals surface area contributed by atoms with E-state index in [1.54, 1.807) is 0 Å². The van der Waals surface area contributed by atoms with E-state index in [9.17, 15) is 4.79 Å². The Morgan fingerprint density at radius 1 is 1.20 bits per heavy atom. The number of carbonyl (C=O) groups is 1. The first kappa shape index (κ1) is 20.2. The normalized spacial score (nSPS) is 16.4. The molecule has 0 saturated heterocycles. The lowest BCUT2D eigenvalue weighted by molar-refractivity contribution is -0.122. The quantitative estimate of drug-likeness (QED) is 0.686. The summed E-state index contributed by atoms with van der Waals surface area (Å²) in [6, 6.07) is 16.4. The highest BCUT2D eigenvalue weighted by Crippen LogP contribution is 2.26. The van der Waals surface area contributed by atoms with E-state index < -0.39 is 0 Å². The largest absolute Gasteiger partial charge is 0.489 e. The molecule has 3 aromatic rings. The molecule has 1 N–H and O–H groups in total. The lowest BCUT2D eigenvalue weighted by Gasteiger charge is -2.21. The number of aryl methyl sites for hydroxylation is 1. The van der Waals surface area contributed by atoms with Gasteiger partial charge >= 0.3 is 0 Å². The van der Waals surface area contributed by atoms with Crippen LogP contribution in [0.5, 0.6) is 5.75 Å². The highest BCUT2D eigenvalue weighted by Gasteiger charge is 2.21. The first-order valence-corrected chi connectivity index (χ1v) is 10.4. The van der Waals surface area contributed by atoms with E-state index in [2.05, 4.69) is 46.5 Å². The van der Waals surface area contributed by atoms with Crippen molar-refractivity contribution in [2.75, 3.05) is 13.1 Å². The number of amides is 1. The molecule has 1 aliphatic rings. The second-order valence-corrected chi connectivity index (χ2v) is 8.02.